The van der Waals surface area contributed by atoms with Crippen LogP contribution in [0.5, 0.6) is 0 Å². The number of nitrogens with zero attached hydrogens (tertiary/aromatic N) is 1. The Morgan fingerprint density at radius 2 is 1.90 bits per heavy atom. The first-order valence-electron chi connectivity index (χ1n) is 5.98. The fourth-order valence-electron chi connectivity index (χ4n) is 1.69. The summed E-state index contributed by atoms with van der Waals surface area (Å²) in [5, 5.41) is 12.0. The van der Waals surface area contributed by atoms with Crippen LogP contribution in [0.4, 0.5) is 5.00 Å². The van der Waals surface area contributed by atoms with Gasteiger partial charge in [0.05, 0.1) is 11.1 Å². The number of benzene rings is 1. The molecule has 20 heavy (non-hydrogen) atoms. The van der Waals surface area contributed by atoms with Gasteiger partial charge in [0.2, 0.25) is 5.91 Å². The van der Waals surface area contributed by atoms with Crippen LogP contribution in [-0.4, -0.2) is 11.7 Å². The van der Waals surface area contributed by atoms with Crippen molar-refractivity contribution >= 4 is 28.0 Å². The van der Waals surface area contributed by atoms with Crippen molar-refractivity contribution < 1.29 is 9.59 Å². The lowest BCUT2D eigenvalue weighted by Gasteiger charge is -2.04. The maximum atomic E-state index is 11.8. The van der Waals surface area contributed by atoms with Crippen LogP contribution in [0.2, 0.25) is 0 Å². The number of hydrogen-bond acceptors (Lipinski definition) is 4. The second kappa shape index (κ2) is 6.13. The van der Waals surface area contributed by atoms with Crippen molar-refractivity contribution in [3.63, 3.8) is 0 Å². The Morgan fingerprint density at radius 3 is 2.50 bits per heavy atom. The van der Waals surface area contributed by atoms with Gasteiger partial charge in [-0.05, 0) is 24.6 Å². The number of anilines is 1. The first-order valence-corrected chi connectivity index (χ1v) is 6.79. The number of nitriles is 1. The number of hydrogen-bond donors (Lipinski definition) is 1. The molecule has 1 heterocycles. The molecule has 4 nitrogen and oxygen atoms in total. The van der Waals surface area contributed by atoms with E-state index in [4.69, 9.17) is 5.26 Å². The summed E-state index contributed by atoms with van der Waals surface area (Å²) in [6, 6.07) is 15.1. The molecule has 1 aromatic carbocycles. The monoisotopic (exact) mass is 284 g/mol. The molecule has 100 valence electrons. The van der Waals surface area contributed by atoms with Crippen molar-refractivity contribution in [3.05, 3.63) is 42.5 Å². The quantitative estimate of drug-likeness (QED) is 0.877. The van der Waals surface area contributed by atoms with Crippen LogP contribution in [0.25, 0.3) is 10.4 Å². The van der Waals surface area contributed by atoms with Crippen molar-refractivity contribution in [2.24, 2.45) is 5.92 Å². The maximum absolute atomic E-state index is 11.8. The zero-order valence-electron chi connectivity index (χ0n) is 10.8. The number of rotatable bonds is 4. The van der Waals surface area contributed by atoms with Crippen molar-refractivity contribution in [2.45, 2.75) is 6.92 Å². The molecule has 2 aromatic rings. The molecule has 1 amide bonds. The highest BCUT2D eigenvalue weighted by Crippen LogP contribution is 2.31. The molecule has 0 spiro atoms. The molecule has 0 saturated heterocycles. The largest absolute Gasteiger partial charge is 0.316 e. The molecule has 2 rings (SSSR count). The number of carbonyl (C=O) groups is 2. The number of carbonyl (C=O) groups excluding carboxylic acids is 2. The first-order chi connectivity index (χ1) is 9.61. The lowest BCUT2D eigenvalue weighted by atomic mass is 10.1. The normalized spacial score (nSPS) is 11.4. The van der Waals surface area contributed by atoms with E-state index in [-0.39, 0.29) is 0 Å². The van der Waals surface area contributed by atoms with Crippen molar-refractivity contribution in [1.29, 1.82) is 5.26 Å². The zero-order chi connectivity index (χ0) is 14.5. The van der Waals surface area contributed by atoms with Gasteiger partial charge in [0, 0.05) is 4.88 Å². The van der Waals surface area contributed by atoms with E-state index in [1.165, 1.54) is 18.3 Å². The van der Waals surface area contributed by atoms with Gasteiger partial charge in [-0.15, -0.1) is 11.3 Å². The van der Waals surface area contributed by atoms with Gasteiger partial charge in [-0.1, -0.05) is 30.3 Å². The summed E-state index contributed by atoms with van der Waals surface area (Å²) < 4.78 is 0. The Kier molecular flexibility index (Phi) is 4.28. The maximum Gasteiger partial charge on any atom is 0.249 e. The van der Waals surface area contributed by atoms with Crippen LogP contribution in [0.3, 0.4) is 0 Å². The molecule has 0 aliphatic rings. The number of amides is 1. The predicted molar refractivity (Wildman–Crippen MR) is 78.2 cm³/mol. The lowest BCUT2D eigenvalue weighted by Crippen LogP contribution is -2.26. The Morgan fingerprint density at radius 1 is 1.20 bits per heavy atom. The fourth-order valence-corrected chi connectivity index (χ4v) is 2.61. The van der Waals surface area contributed by atoms with Crippen molar-refractivity contribution in [1.82, 2.24) is 0 Å². The number of nitrogens with one attached hydrogen (secondary N) is 1. The third-order valence-corrected chi connectivity index (χ3v) is 3.76. The summed E-state index contributed by atoms with van der Waals surface area (Å²) in [5.41, 5.74) is 1.06. The molecule has 0 aliphatic heterocycles. The molecule has 5 heteroatoms. The minimum Gasteiger partial charge on any atom is -0.316 e. The van der Waals surface area contributed by atoms with Crippen molar-refractivity contribution in [2.75, 3.05) is 5.32 Å². The predicted octanol–water partition coefficient (Wildman–Crippen LogP) is 3.08. The van der Waals surface area contributed by atoms with Gasteiger partial charge in [0.15, 0.2) is 11.7 Å². The molecule has 0 aliphatic carbocycles. The van der Waals surface area contributed by atoms with E-state index < -0.39 is 17.6 Å². The van der Waals surface area contributed by atoms with E-state index in [2.05, 4.69) is 5.32 Å². The Balaban J connectivity index is 2.13. The minimum atomic E-state index is -1.25. The third-order valence-electron chi connectivity index (χ3n) is 2.71. The second-order valence-corrected chi connectivity index (χ2v) is 5.28. The van der Waals surface area contributed by atoms with E-state index in [9.17, 15) is 9.59 Å². The Bertz CT molecular complexity index is 671. The highest BCUT2D eigenvalue weighted by Gasteiger charge is 2.23. The number of ketones is 1. The summed E-state index contributed by atoms with van der Waals surface area (Å²) in [7, 11) is 0. The lowest BCUT2D eigenvalue weighted by molar-refractivity contribution is -0.127. The average molecular weight is 284 g/mol. The highest BCUT2D eigenvalue weighted by molar-refractivity contribution is 7.19. The average Bonchev–Trinajstić information content (AvgIpc) is 2.88. The second-order valence-electron chi connectivity index (χ2n) is 4.19. The van der Waals surface area contributed by atoms with Gasteiger partial charge in [-0.2, -0.15) is 5.26 Å². The summed E-state index contributed by atoms with van der Waals surface area (Å²) in [6.07, 6.45) is 0. The standard InChI is InChI=1S/C15H12N2O2S/c1-10(18)12(9-16)15(19)17-14-8-7-13(20-14)11-5-3-2-4-6-11/h2-8,12H,1H3,(H,17,19). The van der Waals surface area contributed by atoms with Gasteiger partial charge >= 0.3 is 0 Å². The number of Topliss-reactive ketones (excluding diaryl/α,β-unsaturated/α-hetero) is 1. The fraction of sp³-hybridized carbons (Fsp3) is 0.133. The molecule has 0 saturated carbocycles. The van der Waals surface area contributed by atoms with E-state index in [0.29, 0.717) is 5.00 Å². The minimum absolute atomic E-state index is 0.454. The highest BCUT2D eigenvalue weighted by atomic mass is 32.1. The topological polar surface area (TPSA) is 70.0 Å². The molecule has 0 fully saturated rings. The molecule has 1 unspecified atom stereocenters. The van der Waals surface area contributed by atoms with Gasteiger partial charge in [-0.25, -0.2) is 0 Å². The Labute approximate surface area is 120 Å². The Hall–Kier alpha value is -2.45. The summed E-state index contributed by atoms with van der Waals surface area (Å²) >= 11 is 1.40. The SMILES string of the molecule is CC(=O)C(C#N)C(=O)Nc1ccc(-c2ccccc2)s1. The van der Waals surface area contributed by atoms with Gasteiger partial charge in [0.1, 0.15) is 0 Å². The van der Waals surface area contributed by atoms with Crippen LogP contribution < -0.4 is 5.32 Å². The van der Waals surface area contributed by atoms with Crippen LogP contribution in [0, 0.1) is 17.2 Å². The van der Waals surface area contributed by atoms with Crippen LogP contribution in [0.1, 0.15) is 6.92 Å². The smallest absolute Gasteiger partial charge is 0.249 e. The van der Waals surface area contributed by atoms with Gasteiger partial charge < -0.3 is 5.32 Å². The van der Waals surface area contributed by atoms with Crippen LogP contribution in [-0.2, 0) is 9.59 Å². The number of thiophene rings is 1. The van der Waals surface area contributed by atoms with Crippen molar-refractivity contribution in [3.8, 4) is 16.5 Å². The molecular formula is C15H12N2O2S. The summed E-state index contributed by atoms with van der Waals surface area (Å²) in [6.45, 7) is 1.23. The van der Waals surface area contributed by atoms with Gasteiger partial charge in [-0.3, -0.25) is 9.59 Å². The van der Waals surface area contributed by atoms with Crippen LogP contribution in [0.15, 0.2) is 42.5 Å². The molecule has 1 N–H and O–H groups in total. The summed E-state index contributed by atoms with van der Waals surface area (Å²) in [4.78, 5) is 23.9. The van der Waals surface area contributed by atoms with E-state index in [1.807, 2.05) is 36.4 Å². The molecular weight excluding hydrogens is 272 g/mol. The first kappa shape index (κ1) is 14.0. The molecule has 0 bridgehead atoms. The molecule has 0 radical (unpaired) electrons. The summed E-state index contributed by atoms with van der Waals surface area (Å²) in [5.74, 6) is -2.29. The van der Waals surface area contributed by atoms with E-state index >= 15 is 0 Å². The third kappa shape index (κ3) is 3.11. The van der Waals surface area contributed by atoms with E-state index in [0.717, 1.165) is 10.4 Å². The van der Waals surface area contributed by atoms with E-state index in [1.54, 1.807) is 12.1 Å². The molecule has 1 atom stereocenters. The molecule has 1 aromatic heterocycles. The van der Waals surface area contributed by atoms with Gasteiger partial charge in [0.25, 0.3) is 0 Å². The zero-order valence-corrected chi connectivity index (χ0v) is 11.6. The van der Waals surface area contributed by atoms with Crippen LogP contribution >= 0.6 is 11.3 Å².